The standard InChI is InChI=1S/C16H24N2O3/c1-3-21-15-6-4-5-14(11-15)12-17-13(2)16(19)18-7-9-20-10-8-18/h4-6,11,13,17H,3,7-10,12H2,1-2H3. The molecule has 1 saturated heterocycles. The molecule has 1 amide bonds. The van der Waals surface area contributed by atoms with Gasteiger partial charge in [-0.1, -0.05) is 12.1 Å². The minimum Gasteiger partial charge on any atom is -0.494 e. The molecule has 2 rings (SSSR count). The van der Waals surface area contributed by atoms with Gasteiger partial charge < -0.3 is 19.7 Å². The van der Waals surface area contributed by atoms with E-state index in [0.29, 0.717) is 39.5 Å². The number of rotatable bonds is 6. The Morgan fingerprint density at radius 1 is 1.43 bits per heavy atom. The van der Waals surface area contributed by atoms with Gasteiger partial charge in [0.15, 0.2) is 0 Å². The van der Waals surface area contributed by atoms with Gasteiger partial charge >= 0.3 is 0 Å². The van der Waals surface area contributed by atoms with Crippen molar-refractivity contribution >= 4 is 5.91 Å². The van der Waals surface area contributed by atoms with Crippen molar-refractivity contribution in [1.82, 2.24) is 10.2 Å². The molecule has 21 heavy (non-hydrogen) atoms. The van der Waals surface area contributed by atoms with Crippen LogP contribution in [0.3, 0.4) is 0 Å². The van der Waals surface area contributed by atoms with Gasteiger partial charge in [-0.05, 0) is 31.5 Å². The maximum atomic E-state index is 12.3. The summed E-state index contributed by atoms with van der Waals surface area (Å²) in [6.07, 6.45) is 0. The summed E-state index contributed by atoms with van der Waals surface area (Å²) >= 11 is 0. The normalized spacial score (nSPS) is 16.6. The van der Waals surface area contributed by atoms with Crippen molar-refractivity contribution in [2.24, 2.45) is 0 Å². The SMILES string of the molecule is CCOc1cccc(CNC(C)C(=O)N2CCOCC2)c1. The quantitative estimate of drug-likeness (QED) is 0.861. The molecule has 0 bridgehead atoms. The third-order valence-electron chi connectivity index (χ3n) is 3.52. The van der Waals surface area contributed by atoms with E-state index in [1.165, 1.54) is 0 Å². The largest absolute Gasteiger partial charge is 0.494 e. The molecule has 0 aliphatic carbocycles. The average molecular weight is 292 g/mol. The molecule has 1 heterocycles. The van der Waals surface area contributed by atoms with Crippen LogP contribution in [0.2, 0.25) is 0 Å². The molecule has 1 aliphatic rings. The van der Waals surface area contributed by atoms with E-state index in [-0.39, 0.29) is 11.9 Å². The predicted octanol–water partition coefficient (Wildman–Crippen LogP) is 1.42. The fraction of sp³-hybridized carbons (Fsp3) is 0.562. The maximum absolute atomic E-state index is 12.3. The van der Waals surface area contributed by atoms with Crippen LogP contribution < -0.4 is 10.1 Å². The van der Waals surface area contributed by atoms with Crippen LogP contribution in [0.15, 0.2) is 24.3 Å². The van der Waals surface area contributed by atoms with Gasteiger partial charge in [0.25, 0.3) is 0 Å². The van der Waals surface area contributed by atoms with Crippen LogP contribution in [0.1, 0.15) is 19.4 Å². The first kappa shape index (κ1) is 15.8. The van der Waals surface area contributed by atoms with Crippen LogP contribution in [-0.4, -0.2) is 49.8 Å². The first-order chi connectivity index (χ1) is 10.2. The Kier molecular flexibility index (Phi) is 6.02. The highest BCUT2D eigenvalue weighted by molar-refractivity contribution is 5.81. The number of hydrogen-bond donors (Lipinski definition) is 1. The molecule has 0 saturated carbocycles. The summed E-state index contributed by atoms with van der Waals surface area (Å²) in [5.74, 6) is 1.00. The Hall–Kier alpha value is -1.59. The van der Waals surface area contributed by atoms with E-state index in [1.54, 1.807) is 0 Å². The number of benzene rings is 1. The number of hydrogen-bond acceptors (Lipinski definition) is 4. The lowest BCUT2D eigenvalue weighted by Crippen LogP contribution is -2.49. The maximum Gasteiger partial charge on any atom is 0.239 e. The zero-order valence-electron chi connectivity index (χ0n) is 12.8. The first-order valence-electron chi connectivity index (χ1n) is 7.52. The van der Waals surface area contributed by atoms with Crippen molar-refractivity contribution in [3.8, 4) is 5.75 Å². The van der Waals surface area contributed by atoms with E-state index in [1.807, 2.05) is 43.0 Å². The Morgan fingerprint density at radius 3 is 2.90 bits per heavy atom. The van der Waals surface area contributed by atoms with E-state index in [0.717, 1.165) is 11.3 Å². The Balaban J connectivity index is 1.83. The lowest BCUT2D eigenvalue weighted by Gasteiger charge is -2.29. The molecule has 0 spiro atoms. The highest BCUT2D eigenvalue weighted by atomic mass is 16.5. The summed E-state index contributed by atoms with van der Waals surface area (Å²) < 4.78 is 10.7. The molecule has 1 aromatic rings. The Labute approximate surface area is 126 Å². The minimum absolute atomic E-state index is 0.138. The molecule has 1 aliphatic heterocycles. The highest BCUT2D eigenvalue weighted by Crippen LogP contribution is 2.13. The van der Waals surface area contributed by atoms with Crippen molar-refractivity contribution in [2.45, 2.75) is 26.4 Å². The van der Waals surface area contributed by atoms with Crippen LogP contribution >= 0.6 is 0 Å². The van der Waals surface area contributed by atoms with Crippen molar-refractivity contribution in [1.29, 1.82) is 0 Å². The van der Waals surface area contributed by atoms with Crippen LogP contribution in [-0.2, 0) is 16.1 Å². The van der Waals surface area contributed by atoms with E-state index in [9.17, 15) is 4.79 Å². The third-order valence-corrected chi connectivity index (χ3v) is 3.52. The molecule has 1 N–H and O–H groups in total. The zero-order valence-corrected chi connectivity index (χ0v) is 12.8. The zero-order chi connectivity index (χ0) is 15.1. The van der Waals surface area contributed by atoms with Gasteiger partial charge in [-0.25, -0.2) is 0 Å². The molecule has 5 heteroatoms. The van der Waals surface area contributed by atoms with Gasteiger partial charge in [-0.3, -0.25) is 4.79 Å². The summed E-state index contributed by atoms with van der Waals surface area (Å²) in [6.45, 7) is 7.82. The van der Waals surface area contributed by atoms with Gasteiger partial charge in [0.05, 0.1) is 25.9 Å². The van der Waals surface area contributed by atoms with Crippen LogP contribution in [0.5, 0.6) is 5.75 Å². The van der Waals surface area contributed by atoms with E-state index < -0.39 is 0 Å². The van der Waals surface area contributed by atoms with Gasteiger partial charge in [-0.15, -0.1) is 0 Å². The molecule has 1 fully saturated rings. The monoisotopic (exact) mass is 292 g/mol. The summed E-state index contributed by atoms with van der Waals surface area (Å²) in [6, 6.07) is 7.74. The minimum atomic E-state index is -0.196. The Morgan fingerprint density at radius 2 is 2.19 bits per heavy atom. The van der Waals surface area contributed by atoms with E-state index >= 15 is 0 Å². The Bertz CT molecular complexity index is 459. The van der Waals surface area contributed by atoms with E-state index in [4.69, 9.17) is 9.47 Å². The smallest absolute Gasteiger partial charge is 0.239 e. The molecular weight excluding hydrogens is 268 g/mol. The van der Waals surface area contributed by atoms with Crippen LogP contribution in [0.25, 0.3) is 0 Å². The van der Waals surface area contributed by atoms with E-state index in [2.05, 4.69) is 5.32 Å². The number of morpholine rings is 1. The van der Waals surface area contributed by atoms with Crippen LogP contribution in [0.4, 0.5) is 0 Å². The van der Waals surface area contributed by atoms with Crippen molar-refractivity contribution < 1.29 is 14.3 Å². The van der Waals surface area contributed by atoms with Gasteiger partial charge in [0, 0.05) is 19.6 Å². The molecule has 1 aromatic carbocycles. The lowest BCUT2D eigenvalue weighted by atomic mass is 10.2. The fourth-order valence-electron chi connectivity index (χ4n) is 2.33. The molecular formula is C16H24N2O3. The topological polar surface area (TPSA) is 50.8 Å². The first-order valence-corrected chi connectivity index (χ1v) is 7.52. The number of amides is 1. The summed E-state index contributed by atoms with van der Waals surface area (Å²) in [7, 11) is 0. The number of carbonyl (C=O) groups excluding carboxylic acids is 1. The molecule has 1 unspecified atom stereocenters. The lowest BCUT2D eigenvalue weighted by molar-refractivity contribution is -0.137. The van der Waals surface area contributed by atoms with Crippen LogP contribution in [0, 0.1) is 0 Å². The highest BCUT2D eigenvalue weighted by Gasteiger charge is 2.21. The average Bonchev–Trinajstić information content (AvgIpc) is 2.53. The van der Waals surface area contributed by atoms with Gasteiger partial charge in [0.2, 0.25) is 5.91 Å². The summed E-state index contributed by atoms with van der Waals surface area (Å²) in [4.78, 5) is 14.1. The van der Waals surface area contributed by atoms with Crippen molar-refractivity contribution in [2.75, 3.05) is 32.9 Å². The second-order valence-corrected chi connectivity index (χ2v) is 5.12. The molecule has 0 radical (unpaired) electrons. The summed E-state index contributed by atoms with van der Waals surface area (Å²) in [5.41, 5.74) is 1.11. The summed E-state index contributed by atoms with van der Waals surface area (Å²) in [5, 5.41) is 3.28. The number of carbonyl (C=O) groups is 1. The molecule has 5 nitrogen and oxygen atoms in total. The number of nitrogens with one attached hydrogen (secondary N) is 1. The molecule has 0 aromatic heterocycles. The fourth-order valence-corrected chi connectivity index (χ4v) is 2.33. The molecule has 116 valence electrons. The number of nitrogens with zero attached hydrogens (tertiary/aromatic N) is 1. The second-order valence-electron chi connectivity index (χ2n) is 5.12. The van der Waals surface area contributed by atoms with Crippen molar-refractivity contribution in [3.05, 3.63) is 29.8 Å². The van der Waals surface area contributed by atoms with Gasteiger partial charge in [0.1, 0.15) is 5.75 Å². The van der Waals surface area contributed by atoms with Crippen molar-refractivity contribution in [3.63, 3.8) is 0 Å². The van der Waals surface area contributed by atoms with Gasteiger partial charge in [-0.2, -0.15) is 0 Å². The molecule has 1 atom stereocenters. The number of ether oxygens (including phenoxy) is 2. The predicted molar refractivity (Wildman–Crippen MR) is 81.3 cm³/mol. The third kappa shape index (κ3) is 4.72. The second kappa shape index (κ2) is 8.00.